The van der Waals surface area contributed by atoms with Gasteiger partial charge in [0, 0.05) is 12.2 Å². The van der Waals surface area contributed by atoms with Crippen LogP contribution in [0.3, 0.4) is 0 Å². The Morgan fingerprint density at radius 3 is 2.44 bits per heavy atom. The molecule has 2 rings (SSSR count). The lowest BCUT2D eigenvalue weighted by molar-refractivity contribution is 1.02. The molecule has 0 heterocycles. The van der Waals surface area contributed by atoms with Crippen LogP contribution in [0.1, 0.15) is 23.6 Å². The van der Waals surface area contributed by atoms with Gasteiger partial charge in [-0.05, 0) is 48.6 Å². The first kappa shape index (κ1) is 12.7. The predicted molar refractivity (Wildman–Crippen MR) is 79.2 cm³/mol. The lowest BCUT2D eigenvalue weighted by Gasteiger charge is -2.09. The van der Waals surface area contributed by atoms with Crippen LogP contribution in [-0.4, -0.2) is 6.54 Å². The number of benzene rings is 2. The minimum absolute atomic E-state index is 0.981. The molecule has 1 nitrogen and oxygen atoms in total. The predicted octanol–water partition coefficient (Wildman–Crippen LogP) is 4.21. The van der Waals surface area contributed by atoms with Gasteiger partial charge in [0.25, 0.3) is 0 Å². The van der Waals surface area contributed by atoms with Crippen molar-refractivity contribution in [2.24, 2.45) is 0 Å². The van der Waals surface area contributed by atoms with E-state index in [2.05, 4.69) is 67.7 Å². The van der Waals surface area contributed by atoms with Crippen LogP contribution in [0.15, 0.2) is 48.5 Å². The van der Waals surface area contributed by atoms with E-state index < -0.39 is 0 Å². The lowest BCUT2D eigenvalue weighted by atomic mass is 10.1. The van der Waals surface area contributed by atoms with Crippen molar-refractivity contribution >= 4 is 5.69 Å². The molecule has 0 saturated heterocycles. The normalized spacial score (nSPS) is 10.3. The van der Waals surface area contributed by atoms with Gasteiger partial charge in [-0.3, -0.25) is 0 Å². The monoisotopic (exact) mass is 239 g/mol. The van der Waals surface area contributed by atoms with E-state index in [0.717, 1.165) is 19.4 Å². The van der Waals surface area contributed by atoms with Crippen LogP contribution in [0.4, 0.5) is 5.69 Å². The van der Waals surface area contributed by atoms with Crippen molar-refractivity contribution in [1.82, 2.24) is 0 Å². The summed E-state index contributed by atoms with van der Waals surface area (Å²) >= 11 is 0. The van der Waals surface area contributed by atoms with E-state index in [0.29, 0.717) is 0 Å². The number of nitrogens with one attached hydrogen (secondary N) is 1. The van der Waals surface area contributed by atoms with Gasteiger partial charge in [0.15, 0.2) is 0 Å². The third-order valence-electron chi connectivity index (χ3n) is 3.31. The summed E-state index contributed by atoms with van der Waals surface area (Å²) in [5.41, 5.74) is 5.42. The van der Waals surface area contributed by atoms with Gasteiger partial charge in [-0.2, -0.15) is 0 Å². The Bertz CT molecular complexity index is 488. The smallest absolute Gasteiger partial charge is 0.0343 e. The number of hydrogen-bond acceptors (Lipinski definition) is 1. The van der Waals surface area contributed by atoms with Crippen LogP contribution in [0, 0.1) is 6.92 Å². The summed E-state index contributed by atoms with van der Waals surface area (Å²) in [4.78, 5) is 0. The molecule has 0 atom stereocenters. The highest BCUT2D eigenvalue weighted by atomic mass is 14.9. The first-order chi connectivity index (χ1) is 8.79. The molecule has 1 N–H and O–H groups in total. The lowest BCUT2D eigenvalue weighted by Crippen LogP contribution is -2.05. The first-order valence-corrected chi connectivity index (χ1v) is 6.67. The third kappa shape index (κ3) is 3.36. The molecule has 0 aromatic heterocycles. The van der Waals surface area contributed by atoms with Crippen LogP contribution < -0.4 is 5.32 Å². The second-order valence-corrected chi connectivity index (χ2v) is 4.66. The molecule has 18 heavy (non-hydrogen) atoms. The SMILES string of the molecule is CCc1ccc(NCCc2ccccc2)cc1C. The Balaban J connectivity index is 1.89. The average molecular weight is 239 g/mol. The van der Waals surface area contributed by atoms with Crippen LogP contribution in [0.5, 0.6) is 0 Å². The van der Waals surface area contributed by atoms with Crippen LogP contribution in [0.2, 0.25) is 0 Å². The van der Waals surface area contributed by atoms with Crippen LogP contribution in [0.25, 0.3) is 0 Å². The minimum atomic E-state index is 0.981. The third-order valence-corrected chi connectivity index (χ3v) is 3.31. The van der Waals surface area contributed by atoms with Crippen LogP contribution >= 0.6 is 0 Å². The quantitative estimate of drug-likeness (QED) is 0.824. The van der Waals surface area contributed by atoms with E-state index in [1.54, 1.807) is 0 Å². The fourth-order valence-electron chi connectivity index (χ4n) is 2.20. The molecule has 0 aliphatic heterocycles. The molecule has 2 aromatic carbocycles. The van der Waals surface area contributed by atoms with Crippen molar-refractivity contribution < 1.29 is 0 Å². The summed E-state index contributed by atoms with van der Waals surface area (Å²) in [5.74, 6) is 0. The fraction of sp³-hybridized carbons (Fsp3) is 0.294. The molecule has 0 bridgehead atoms. The molecule has 0 saturated carbocycles. The van der Waals surface area contributed by atoms with Crippen molar-refractivity contribution in [3.05, 3.63) is 65.2 Å². The van der Waals surface area contributed by atoms with E-state index in [-0.39, 0.29) is 0 Å². The van der Waals surface area contributed by atoms with Gasteiger partial charge in [0.05, 0.1) is 0 Å². The highest BCUT2D eigenvalue weighted by Crippen LogP contribution is 2.15. The van der Waals surface area contributed by atoms with E-state index in [1.807, 2.05) is 0 Å². The Kier molecular flexibility index (Phi) is 4.40. The Morgan fingerprint density at radius 1 is 1.00 bits per heavy atom. The Morgan fingerprint density at radius 2 is 1.78 bits per heavy atom. The molecule has 2 aromatic rings. The van der Waals surface area contributed by atoms with E-state index in [1.165, 1.54) is 22.4 Å². The van der Waals surface area contributed by atoms with Gasteiger partial charge in [0.1, 0.15) is 0 Å². The minimum Gasteiger partial charge on any atom is -0.385 e. The maximum Gasteiger partial charge on any atom is 0.0343 e. The second-order valence-electron chi connectivity index (χ2n) is 4.66. The summed E-state index contributed by atoms with van der Waals surface area (Å²) in [6, 6.07) is 17.2. The van der Waals surface area contributed by atoms with E-state index >= 15 is 0 Å². The van der Waals surface area contributed by atoms with Crippen molar-refractivity contribution in [2.45, 2.75) is 26.7 Å². The highest BCUT2D eigenvalue weighted by Gasteiger charge is 1.98. The Hall–Kier alpha value is -1.76. The van der Waals surface area contributed by atoms with Crippen LogP contribution in [-0.2, 0) is 12.8 Å². The summed E-state index contributed by atoms with van der Waals surface area (Å²) < 4.78 is 0. The fourth-order valence-corrected chi connectivity index (χ4v) is 2.20. The highest BCUT2D eigenvalue weighted by molar-refractivity contribution is 5.48. The van der Waals surface area contributed by atoms with Gasteiger partial charge in [-0.25, -0.2) is 0 Å². The number of aryl methyl sites for hydroxylation is 2. The Labute approximate surface area is 110 Å². The van der Waals surface area contributed by atoms with Crippen molar-refractivity contribution in [3.8, 4) is 0 Å². The molecule has 0 aliphatic carbocycles. The van der Waals surface area contributed by atoms with Crippen molar-refractivity contribution in [3.63, 3.8) is 0 Å². The number of anilines is 1. The van der Waals surface area contributed by atoms with Gasteiger partial charge < -0.3 is 5.32 Å². The zero-order valence-electron chi connectivity index (χ0n) is 11.2. The molecule has 0 fully saturated rings. The number of rotatable bonds is 5. The van der Waals surface area contributed by atoms with E-state index in [4.69, 9.17) is 0 Å². The zero-order chi connectivity index (χ0) is 12.8. The topological polar surface area (TPSA) is 12.0 Å². The largest absolute Gasteiger partial charge is 0.385 e. The number of hydrogen-bond donors (Lipinski definition) is 1. The van der Waals surface area contributed by atoms with Gasteiger partial charge in [-0.1, -0.05) is 43.3 Å². The van der Waals surface area contributed by atoms with Gasteiger partial charge in [-0.15, -0.1) is 0 Å². The summed E-state index contributed by atoms with van der Waals surface area (Å²) in [6.45, 7) is 5.36. The average Bonchev–Trinajstić information content (AvgIpc) is 2.40. The van der Waals surface area contributed by atoms with Crippen molar-refractivity contribution in [2.75, 3.05) is 11.9 Å². The second kappa shape index (κ2) is 6.25. The van der Waals surface area contributed by atoms with Crippen molar-refractivity contribution in [1.29, 1.82) is 0 Å². The molecule has 94 valence electrons. The first-order valence-electron chi connectivity index (χ1n) is 6.67. The molecule has 0 radical (unpaired) electrons. The molecular weight excluding hydrogens is 218 g/mol. The summed E-state index contributed by atoms with van der Waals surface area (Å²) in [7, 11) is 0. The molecule has 0 spiro atoms. The molecule has 0 amide bonds. The molecule has 0 aliphatic rings. The van der Waals surface area contributed by atoms with Gasteiger partial charge >= 0.3 is 0 Å². The standard InChI is InChI=1S/C17H21N/c1-3-16-9-10-17(13-14(16)2)18-12-11-15-7-5-4-6-8-15/h4-10,13,18H,3,11-12H2,1-2H3. The summed E-state index contributed by atoms with van der Waals surface area (Å²) in [6.07, 6.45) is 2.17. The summed E-state index contributed by atoms with van der Waals surface area (Å²) in [5, 5.41) is 3.49. The maximum absolute atomic E-state index is 3.49. The zero-order valence-corrected chi connectivity index (χ0v) is 11.2. The van der Waals surface area contributed by atoms with E-state index in [9.17, 15) is 0 Å². The molecule has 0 unspecified atom stereocenters. The maximum atomic E-state index is 3.49. The molecule has 1 heteroatoms. The van der Waals surface area contributed by atoms with Gasteiger partial charge in [0.2, 0.25) is 0 Å². The molecular formula is C17H21N.